The van der Waals surface area contributed by atoms with Crippen LogP contribution in [0.4, 0.5) is 20.2 Å². The monoisotopic (exact) mass is 416 g/mol. The Morgan fingerprint density at radius 3 is 2.62 bits per heavy atom. The molecule has 2 aromatic carbocycles. The lowest BCUT2D eigenvalue weighted by Crippen LogP contribution is -2.25. The van der Waals surface area contributed by atoms with Crippen LogP contribution in [-0.4, -0.2) is 28.0 Å². The summed E-state index contributed by atoms with van der Waals surface area (Å²) in [5, 5.41) is 10.3. The number of hydrogen-bond acceptors (Lipinski definition) is 4. The highest BCUT2D eigenvalue weighted by Gasteiger charge is 2.11. The average Bonchev–Trinajstić information content (AvgIpc) is 3.12. The quantitative estimate of drug-likeness (QED) is 0.387. The minimum atomic E-state index is -2.45. The zero-order valence-electron chi connectivity index (χ0n) is 15.9. The first-order chi connectivity index (χ1) is 14.0. The number of alkyl halides is 2. The first-order valence-electron chi connectivity index (χ1n) is 9.18. The minimum Gasteiger partial charge on any atom is -0.355 e. The van der Waals surface area contributed by atoms with Gasteiger partial charge >= 0.3 is 0 Å². The summed E-state index contributed by atoms with van der Waals surface area (Å²) in [6.07, 6.45) is 5.45. The smallest absolute Gasteiger partial charge is 0.288 e. The molecule has 0 aliphatic rings. The molecule has 0 atom stereocenters. The van der Waals surface area contributed by atoms with E-state index in [9.17, 15) is 13.6 Å². The number of halogens is 2. The Balaban J connectivity index is 1.56. The van der Waals surface area contributed by atoms with Crippen molar-refractivity contribution in [2.75, 3.05) is 11.9 Å². The Hall–Kier alpha value is -2.87. The molecule has 3 aromatic rings. The fourth-order valence-corrected chi connectivity index (χ4v) is 3.35. The van der Waals surface area contributed by atoms with Gasteiger partial charge in [0.25, 0.3) is 11.7 Å². The second-order valence-electron chi connectivity index (χ2n) is 6.46. The summed E-state index contributed by atoms with van der Waals surface area (Å²) >= 11 is 0.502. The van der Waals surface area contributed by atoms with E-state index in [4.69, 9.17) is 0 Å². The number of aryl methyl sites for hydroxylation is 2. The Morgan fingerprint density at radius 2 is 1.93 bits per heavy atom. The van der Waals surface area contributed by atoms with Crippen molar-refractivity contribution in [1.82, 2.24) is 15.1 Å². The van der Waals surface area contributed by atoms with E-state index in [1.807, 2.05) is 31.6 Å². The second-order valence-corrected chi connectivity index (χ2v) is 7.52. The first kappa shape index (κ1) is 20.9. The standard InChI is InChI=1S/C21H22F2N4OS/c1-27-14-15(13-25-27)5-4-12-24-20(28)18-6-2-3-7-19(18)26-16-8-10-17(11-9-16)29-21(22)23/h2-3,6-11,13-14,21,26H,4-5,12H2,1H3,(H,24,28). The highest BCUT2D eigenvalue weighted by atomic mass is 32.2. The summed E-state index contributed by atoms with van der Waals surface area (Å²) in [6.45, 7) is 0.557. The number of anilines is 2. The average molecular weight is 416 g/mol. The molecule has 0 bridgehead atoms. The first-order valence-corrected chi connectivity index (χ1v) is 10.1. The number of rotatable bonds is 9. The molecular weight excluding hydrogens is 394 g/mol. The number of carbonyl (C=O) groups excluding carboxylic acids is 1. The third-order valence-corrected chi connectivity index (χ3v) is 4.94. The number of benzene rings is 2. The zero-order valence-corrected chi connectivity index (χ0v) is 16.8. The predicted octanol–water partition coefficient (Wildman–Crippen LogP) is 4.84. The molecule has 8 heteroatoms. The molecule has 0 saturated carbocycles. The molecule has 1 heterocycles. The number of thioether (sulfide) groups is 1. The van der Waals surface area contributed by atoms with Crippen LogP contribution in [0.25, 0.3) is 0 Å². The molecule has 3 rings (SSSR count). The van der Waals surface area contributed by atoms with Gasteiger partial charge < -0.3 is 10.6 Å². The topological polar surface area (TPSA) is 59.0 Å². The van der Waals surface area contributed by atoms with Gasteiger partial charge in [-0.3, -0.25) is 9.48 Å². The van der Waals surface area contributed by atoms with Crippen molar-refractivity contribution in [3.8, 4) is 0 Å². The van der Waals surface area contributed by atoms with Crippen molar-refractivity contribution in [3.63, 3.8) is 0 Å². The Labute approximate surface area is 172 Å². The second kappa shape index (κ2) is 10.1. The van der Waals surface area contributed by atoms with Gasteiger partial charge in [-0.25, -0.2) is 0 Å². The number of amides is 1. The zero-order chi connectivity index (χ0) is 20.6. The highest BCUT2D eigenvalue weighted by Crippen LogP contribution is 2.27. The number of nitrogens with one attached hydrogen (secondary N) is 2. The SMILES string of the molecule is Cn1cc(CCCNC(=O)c2ccccc2Nc2ccc(SC(F)F)cc2)cn1. The molecule has 1 aromatic heterocycles. The Bertz CT molecular complexity index is 944. The molecule has 0 spiro atoms. The van der Waals surface area contributed by atoms with Gasteiger partial charge in [-0.1, -0.05) is 23.9 Å². The maximum Gasteiger partial charge on any atom is 0.288 e. The lowest BCUT2D eigenvalue weighted by molar-refractivity contribution is 0.0954. The molecule has 0 fully saturated rings. The highest BCUT2D eigenvalue weighted by molar-refractivity contribution is 7.99. The molecule has 1 amide bonds. The molecule has 0 aliphatic heterocycles. The van der Waals surface area contributed by atoms with Gasteiger partial charge in [0.15, 0.2) is 0 Å². The third-order valence-electron chi connectivity index (χ3n) is 4.22. The molecule has 29 heavy (non-hydrogen) atoms. The van der Waals surface area contributed by atoms with E-state index < -0.39 is 5.76 Å². The van der Waals surface area contributed by atoms with E-state index in [-0.39, 0.29) is 5.91 Å². The number of para-hydroxylation sites is 1. The molecule has 0 aliphatic carbocycles. The summed E-state index contributed by atoms with van der Waals surface area (Å²) in [5.41, 5.74) is 3.05. The normalized spacial score (nSPS) is 10.9. The van der Waals surface area contributed by atoms with Crippen LogP contribution >= 0.6 is 11.8 Å². The van der Waals surface area contributed by atoms with Crippen LogP contribution in [-0.2, 0) is 13.5 Å². The van der Waals surface area contributed by atoms with E-state index >= 15 is 0 Å². The largest absolute Gasteiger partial charge is 0.355 e. The minimum absolute atomic E-state index is 0.163. The van der Waals surface area contributed by atoms with E-state index in [2.05, 4.69) is 15.7 Å². The predicted molar refractivity (Wildman–Crippen MR) is 112 cm³/mol. The maximum atomic E-state index is 12.6. The summed E-state index contributed by atoms with van der Waals surface area (Å²) in [4.78, 5) is 13.1. The summed E-state index contributed by atoms with van der Waals surface area (Å²) in [6, 6.07) is 13.9. The van der Waals surface area contributed by atoms with E-state index in [0.717, 1.165) is 24.1 Å². The number of hydrogen-bond donors (Lipinski definition) is 2. The van der Waals surface area contributed by atoms with E-state index in [1.165, 1.54) is 0 Å². The van der Waals surface area contributed by atoms with Gasteiger partial charge in [0.2, 0.25) is 0 Å². The van der Waals surface area contributed by atoms with E-state index in [1.54, 1.807) is 41.1 Å². The number of nitrogens with zero attached hydrogens (tertiary/aromatic N) is 2. The fraction of sp³-hybridized carbons (Fsp3) is 0.238. The van der Waals surface area contributed by atoms with Gasteiger partial charge in [0.1, 0.15) is 0 Å². The summed E-state index contributed by atoms with van der Waals surface area (Å²) < 4.78 is 26.6. The molecule has 0 saturated heterocycles. The van der Waals surface area contributed by atoms with Crippen LogP contribution < -0.4 is 10.6 Å². The maximum absolute atomic E-state index is 12.6. The van der Waals surface area contributed by atoms with Crippen molar-refractivity contribution in [3.05, 3.63) is 72.1 Å². The van der Waals surface area contributed by atoms with Gasteiger partial charge in [-0.05, 0) is 54.8 Å². The molecular formula is C21H22F2N4OS. The molecule has 5 nitrogen and oxygen atoms in total. The molecule has 2 N–H and O–H groups in total. The van der Waals surface area contributed by atoms with Crippen LogP contribution in [0.15, 0.2) is 65.8 Å². The van der Waals surface area contributed by atoms with Crippen molar-refractivity contribution in [2.45, 2.75) is 23.5 Å². The van der Waals surface area contributed by atoms with Crippen LogP contribution in [0.2, 0.25) is 0 Å². The Kier molecular flexibility index (Phi) is 7.24. The summed E-state index contributed by atoms with van der Waals surface area (Å²) in [5.74, 6) is -2.61. The van der Waals surface area contributed by atoms with Gasteiger partial charge in [0.05, 0.1) is 17.4 Å². The fourth-order valence-electron chi connectivity index (χ4n) is 2.86. The lowest BCUT2D eigenvalue weighted by atomic mass is 10.1. The number of aromatic nitrogens is 2. The lowest BCUT2D eigenvalue weighted by Gasteiger charge is -2.13. The van der Waals surface area contributed by atoms with Crippen LogP contribution in [0.1, 0.15) is 22.3 Å². The van der Waals surface area contributed by atoms with Crippen molar-refractivity contribution in [2.24, 2.45) is 7.05 Å². The molecule has 0 unspecified atom stereocenters. The van der Waals surface area contributed by atoms with Crippen LogP contribution in [0.3, 0.4) is 0 Å². The van der Waals surface area contributed by atoms with Crippen molar-refractivity contribution < 1.29 is 13.6 Å². The molecule has 152 valence electrons. The third kappa shape index (κ3) is 6.32. The van der Waals surface area contributed by atoms with Crippen molar-refractivity contribution >= 4 is 29.0 Å². The van der Waals surface area contributed by atoms with Crippen LogP contribution in [0.5, 0.6) is 0 Å². The van der Waals surface area contributed by atoms with E-state index in [0.29, 0.717) is 34.5 Å². The van der Waals surface area contributed by atoms with Gasteiger partial charge in [-0.15, -0.1) is 0 Å². The van der Waals surface area contributed by atoms with Crippen LogP contribution in [0, 0.1) is 0 Å². The molecule has 0 radical (unpaired) electrons. The van der Waals surface area contributed by atoms with Crippen molar-refractivity contribution in [1.29, 1.82) is 0 Å². The van der Waals surface area contributed by atoms with Gasteiger partial charge in [-0.2, -0.15) is 13.9 Å². The van der Waals surface area contributed by atoms with Gasteiger partial charge in [0, 0.05) is 30.4 Å². The summed E-state index contributed by atoms with van der Waals surface area (Å²) in [7, 11) is 1.88. The Morgan fingerprint density at radius 1 is 1.17 bits per heavy atom. The number of carbonyl (C=O) groups is 1.